The molecule has 4 nitrogen and oxygen atoms in total. The van der Waals surface area contributed by atoms with Gasteiger partial charge in [-0.05, 0) is 29.8 Å². The molecule has 0 amide bonds. The fraction of sp³-hybridized carbons (Fsp3) is 0.111. The van der Waals surface area contributed by atoms with Crippen molar-refractivity contribution < 1.29 is 18.7 Å². The van der Waals surface area contributed by atoms with Crippen LogP contribution < -0.4 is 0 Å². The lowest BCUT2D eigenvalue weighted by Gasteiger charge is -2.07. The van der Waals surface area contributed by atoms with Crippen LogP contribution in [-0.4, -0.2) is 20.9 Å². The van der Waals surface area contributed by atoms with Gasteiger partial charge in [-0.1, -0.05) is 41.4 Å². The van der Waals surface area contributed by atoms with E-state index < -0.39 is 12.4 Å². The summed E-state index contributed by atoms with van der Waals surface area (Å²) in [4.78, 5) is 10.8. The maximum absolute atomic E-state index is 13.1. The van der Waals surface area contributed by atoms with Crippen LogP contribution in [0, 0.1) is 0 Å². The van der Waals surface area contributed by atoms with Crippen LogP contribution in [0.4, 0.5) is 8.78 Å². The Labute approximate surface area is 157 Å². The molecular formula is C18H12Cl2F2N2O2. The number of benzene rings is 2. The lowest BCUT2D eigenvalue weighted by Crippen LogP contribution is -2.03. The largest absolute Gasteiger partial charge is 0.478 e. The molecule has 134 valence electrons. The minimum absolute atomic E-state index is 0.144. The van der Waals surface area contributed by atoms with Crippen LogP contribution in [0.2, 0.25) is 10.0 Å². The molecule has 0 radical (unpaired) electrons. The molecule has 0 saturated heterocycles. The second kappa shape index (κ2) is 7.43. The molecule has 0 bridgehead atoms. The number of aromatic nitrogens is 2. The Hall–Kier alpha value is -2.44. The molecule has 8 heteroatoms. The fourth-order valence-corrected chi connectivity index (χ4v) is 3.03. The highest BCUT2D eigenvalue weighted by atomic mass is 35.5. The summed E-state index contributed by atoms with van der Waals surface area (Å²) in [6, 6.07) is 9.12. The maximum Gasteiger partial charge on any atom is 0.328 e. The molecule has 0 spiro atoms. The molecule has 1 aromatic heterocycles. The maximum atomic E-state index is 13.1. The predicted octanol–water partition coefficient (Wildman–Crippen LogP) is 5.43. The SMILES string of the molecule is O=C(O)/C=C/c1nn(Cc2ccc(Cl)cc2Cl)c2cc(C(F)F)ccc12. The van der Waals surface area contributed by atoms with Crippen LogP contribution in [0.25, 0.3) is 17.0 Å². The first-order valence-electron chi connectivity index (χ1n) is 7.48. The highest BCUT2D eigenvalue weighted by Crippen LogP contribution is 2.28. The van der Waals surface area contributed by atoms with Crippen molar-refractivity contribution in [3.63, 3.8) is 0 Å². The third-order valence-corrected chi connectivity index (χ3v) is 4.36. The number of alkyl halides is 2. The van der Waals surface area contributed by atoms with E-state index in [-0.39, 0.29) is 12.1 Å². The summed E-state index contributed by atoms with van der Waals surface area (Å²) in [7, 11) is 0. The average molecular weight is 397 g/mol. The third kappa shape index (κ3) is 3.86. The van der Waals surface area contributed by atoms with Crippen LogP contribution in [0.15, 0.2) is 42.5 Å². The van der Waals surface area contributed by atoms with E-state index in [1.165, 1.54) is 29.0 Å². The molecule has 0 atom stereocenters. The number of carboxylic acid groups (broad SMARTS) is 1. The number of carboxylic acids is 1. The van der Waals surface area contributed by atoms with E-state index in [2.05, 4.69) is 5.10 Å². The van der Waals surface area contributed by atoms with Crippen LogP contribution >= 0.6 is 23.2 Å². The number of fused-ring (bicyclic) bond motifs is 1. The standard InChI is InChI=1S/C18H12Cl2F2N2O2/c19-12-3-1-11(14(20)8-12)9-24-16-7-10(18(21)22)2-4-13(16)15(23-24)5-6-17(25)26/h1-8,18H,9H2,(H,25,26)/b6-5+. The first kappa shape index (κ1) is 18.4. The Morgan fingerprint density at radius 1 is 1.23 bits per heavy atom. The van der Waals surface area contributed by atoms with Gasteiger partial charge >= 0.3 is 5.97 Å². The predicted molar refractivity (Wildman–Crippen MR) is 96.9 cm³/mol. The number of aliphatic carboxylic acids is 1. The van der Waals surface area contributed by atoms with Crippen molar-refractivity contribution in [3.05, 3.63) is 69.3 Å². The van der Waals surface area contributed by atoms with Crippen LogP contribution in [0.1, 0.15) is 23.2 Å². The number of hydrogen-bond acceptors (Lipinski definition) is 2. The molecule has 0 aliphatic carbocycles. The van der Waals surface area contributed by atoms with Crippen molar-refractivity contribution in [3.8, 4) is 0 Å². The van der Waals surface area contributed by atoms with Crippen molar-refractivity contribution in [1.29, 1.82) is 0 Å². The van der Waals surface area contributed by atoms with Gasteiger partial charge in [0.25, 0.3) is 6.43 Å². The van der Waals surface area contributed by atoms with E-state index >= 15 is 0 Å². The average Bonchev–Trinajstić information content (AvgIpc) is 2.92. The smallest absolute Gasteiger partial charge is 0.328 e. The number of hydrogen-bond donors (Lipinski definition) is 1. The van der Waals surface area contributed by atoms with E-state index in [4.69, 9.17) is 28.3 Å². The third-order valence-electron chi connectivity index (χ3n) is 3.78. The van der Waals surface area contributed by atoms with Crippen molar-refractivity contribution in [1.82, 2.24) is 9.78 Å². The Kier molecular flexibility index (Phi) is 5.25. The van der Waals surface area contributed by atoms with E-state index in [0.717, 1.165) is 6.08 Å². The Bertz CT molecular complexity index is 1020. The summed E-state index contributed by atoms with van der Waals surface area (Å²) in [6.07, 6.45) is -0.352. The summed E-state index contributed by atoms with van der Waals surface area (Å²) >= 11 is 12.1. The van der Waals surface area contributed by atoms with Gasteiger partial charge in [0, 0.05) is 27.1 Å². The lowest BCUT2D eigenvalue weighted by molar-refractivity contribution is -0.131. The molecule has 1 heterocycles. The zero-order valence-electron chi connectivity index (χ0n) is 13.2. The molecule has 3 aromatic rings. The molecular weight excluding hydrogens is 385 g/mol. The summed E-state index contributed by atoms with van der Waals surface area (Å²) in [5, 5.41) is 14.6. The Morgan fingerprint density at radius 2 is 2.00 bits per heavy atom. The summed E-state index contributed by atoms with van der Waals surface area (Å²) in [5.74, 6) is -1.13. The molecule has 0 saturated carbocycles. The minimum atomic E-state index is -2.63. The number of halogens is 4. The Morgan fingerprint density at radius 3 is 2.65 bits per heavy atom. The quantitative estimate of drug-likeness (QED) is 0.585. The molecule has 1 N–H and O–H groups in total. The first-order chi connectivity index (χ1) is 12.3. The van der Waals surface area contributed by atoms with E-state index in [0.29, 0.717) is 32.2 Å². The van der Waals surface area contributed by atoms with Gasteiger partial charge < -0.3 is 5.11 Å². The molecule has 0 fully saturated rings. The van der Waals surface area contributed by atoms with E-state index in [1.807, 2.05) is 0 Å². The van der Waals surface area contributed by atoms with Gasteiger partial charge in [-0.25, -0.2) is 13.6 Å². The van der Waals surface area contributed by atoms with Crippen LogP contribution in [0.5, 0.6) is 0 Å². The zero-order chi connectivity index (χ0) is 18.8. The molecule has 2 aromatic carbocycles. The second-order valence-corrected chi connectivity index (χ2v) is 6.37. The molecule has 26 heavy (non-hydrogen) atoms. The summed E-state index contributed by atoms with van der Waals surface area (Å²) < 4.78 is 27.6. The van der Waals surface area contributed by atoms with E-state index in [9.17, 15) is 13.6 Å². The topological polar surface area (TPSA) is 55.1 Å². The number of rotatable bonds is 5. The summed E-state index contributed by atoms with van der Waals surface area (Å²) in [5.41, 5.74) is 1.39. The molecule has 3 rings (SSSR count). The molecule has 0 unspecified atom stereocenters. The monoisotopic (exact) mass is 396 g/mol. The number of nitrogens with zero attached hydrogens (tertiary/aromatic N) is 2. The zero-order valence-corrected chi connectivity index (χ0v) is 14.7. The van der Waals surface area contributed by atoms with Gasteiger partial charge in [-0.15, -0.1) is 0 Å². The van der Waals surface area contributed by atoms with Gasteiger partial charge in [-0.3, -0.25) is 4.68 Å². The van der Waals surface area contributed by atoms with Gasteiger partial charge in [0.1, 0.15) is 0 Å². The normalized spacial score (nSPS) is 11.7. The Balaban J connectivity index is 2.12. The molecule has 0 aliphatic rings. The molecule has 0 aliphatic heterocycles. The second-order valence-electron chi connectivity index (χ2n) is 5.53. The van der Waals surface area contributed by atoms with Gasteiger partial charge in [0.15, 0.2) is 0 Å². The van der Waals surface area contributed by atoms with Gasteiger partial charge in [0.05, 0.1) is 17.8 Å². The van der Waals surface area contributed by atoms with Gasteiger partial charge in [-0.2, -0.15) is 5.10 Å². The summed E-state index contributed by atoms with van der Waals surface area (Å²) in [6.45, 7) is 0.222. The van der Waals surface area contributed by atoms with Gasteiger partial charge in [0.2, 0.25) is 0 Å². The van der Waals surface area contributed by atoms with Crippen molar-refractivity contribution >= 4 is 46.2 Å². The number of carbonyl (C=O) groups is 1. The van der Waals surface area contributed by atoms with Crippen LogP contribution in [0.3, 0.4) is 0 Å². The highest BCUT2D eigenvalue weighted by Gasteiger charge is 2.15. The van der Waals surface area contributed by atoms with Crippen molar-refractivity contribution in [2.24, 2.45) is 0 Å². The first-order valence-corrected chi connectivity index (χ1v) is 8.24. The highest BCUT2D eigenvalue weighted by molar-refractivity contribution is 6.35. The van der Waals surface area contributed by atoms with Crippen LogP contribution in [-0.2, 0) is 11.3 Å². The van der Waals surface area contributed by atoms with Crippen molar-refractivity contribution in [2.75, 3.05) is 0 Å². The fourth-order valence-electron chi connectivity index (χ4n) is 2.56. The van der Waals surface area contributed by atoms with E-state index in [1.54, 1.807) is 18.2 Å². The van der Waals surface area contributed by atoms with Crippen molar-refractivity contribution in [2.45, 2.75) is 13.0 Å². The lowest BCUT2D eigenvalue weighted by atomic mass is 10.1. The minimum Gasteiger partial charge on any atom is -0.478 e.